The molecule has 0 bridgehead atoms. The molecular formula is C20H25N5O. The molecule has 3 heterocycles. The molecule has 6 nitrogen and oxygen atoms in total. The van der Waals surface area contributed by atoms with Crippen LogP contribution in [-0.4, -0.2) is 46.5 Å². The van der Waals surface area contributed by atoms with E-state index in [0.717, 1.165) is 55.1 Å². The fraction of sp³-hybridized carbons (Fsp3) is 0.400. The van der Waals surface area contributed by atoms with E-state index in [4.69, 9.17) is 0 Å². The molecule has 2 aliphatic heterocycles. The number of imidazole rings is 1. The van der Waals surface area contributed by atoms with Crippen molar-refractivity contribution in [3.05, 3.63) is 41.5 Å². The maximum Gasteiger partial charge on any atom is 0.256 e. The Hall–Kier alpha value is -2.60. The zero-order valence-electron chi connectivity index (χ0n) is 15.3. The molecule has 0 aliphatic carbocycles. The Morgan fingerprint density at radius 1 is 1.35 bits per heavy atom. The molecule has 1 amide bonds. The number of likely N-dealkylation sites (tertiary alicyclic amines) is 1. The van der Waals surface area contributed by atoms with E-state index < -0.39 is 0 Å². The van der Waals surface area contributed by atoms with E-state index >= 15 is 0 Å². The van der Waals surface area contributed by atoms with Gasteiger partial charge in [0.05, 0.1) is 11.3 Å². The number of fused-ring (bicyclic) bond motifs is 1. The van der Waals surface area contributed by atoms with Crippen LogP contribution < -0.4 is 10.6 Å². The van der Waals surface area contributed by atoms with Gasteiger partial charge in [-0.3, -0.25) is 4.79 Å². The number of hydrogen-bond donors (Lipinski definition) is 3. The van der Waals surface area contributed by atoms with E-state index in [1.165, 1.54) is 0 Å². The van der Waals surface area contributed by atoms with Crippen LogP contribution in [0.4, 0.5) is 11.4 Å². The van der Waals surface area contributed by atoms with Crippen LogP contribution in [0.25, 0.3) is 11.6 Å². The summed E-state index contributed by atoms with van der Waals surface area (Å²) >= 11 is 0. The first-order valence-electron chi connectivity index (χ1n) is 9.31. The summed E-state index contributed by atoms with van der Waals surface area (Å²) in [7, 11) is 0. The molecule has 3 N–H and O–H groups in total. The Morgan fingerprint density at radius 2 is 2.15 bits per heavy atom. The molecular weight excluding hydrogens is 326 g/mol. The lowest BCUT2D eigenvalue weighted by atomic mass is 10.0. The molecule has 0 saturated carbocycles. The molecule has 1 aromatic heterocycles. The van der Waals surface area contributed by atoms with Crippen LogP contribution in [0.3, 0.4) is 0 Å². The van der Waals surface area contributed by atoms with Gasteiger partial charge in [0.1, 0.15) is 5.82 Å². The highest BCUT2D eigenvalue weighted by Gasteiger charge is 2.25. The molecule has 2 aromatic rings. The third kappa shape index (κ3) is 3.37. The van der Waals surface area contributed by atoms with Crippen molar-refractivity contribution in [3.8, 4) is 0 Å². The first-order chi connectivity index (χ1) is 12.6. The van der Waals surface area contributed by atoms with Crippen molar-refractivity contribution in [3.63, 3.8) is 0 Å². The highest BCUT2D eigenvalue weighted by atomic mass is 16.2. The molecule has 0 unspecified atom stereocenters. The number of hydrogen-bond acceptors (Lipinski definition) is 4. The number of aromatic nitrogens is 2. The van der Waals surface area contributed by atoms with E-state index in [1.807, 2.05) is 31.3 Å². The number of anilines is 2. The number of carbonyl (C=O) groups excluding carboxylic acids is 1. The van der Waals surface area contributed by atoms with Crippen molar-refractivity contribution in [2.45, 2.75) is 32.7 Å². The fourth-order valence-corrected chi connectivity index (χ4v) is 3.69. The van der Waals surface area contributed by atoms with Crippen LogP contribution >= 0.6 is 0 Å². The van der Waals surface area contributed by atoms with Crippen molar-refractivity contribution in [1.29, 1.82) is 0 Å². The zero-order chi connectivity index (χ0) is 18.1. The van der Waals surface area contributed by atoms with Gasteiger partial charge in [0.2, 0.25) is 0 Å². The monoisotopic (exact) mass is 351 g/mol. The van der Waals surface area contributed by atoms with Gasteiger partial charge >= 0.3 is 0 Å². The summed E-state index contributed by atoms with van der Waals surface area (Å²) in [5.41, 5.74) is 4.41. The predicted molar refractivity (Wildman–Crippen MR) is 105 cm³/mol. The number of aryl methyl sites for hydroxylation is 1. The summed E-state index contributed by atoms with van der Waals surface area (Å²) in [4.78, 5) is 22.3. The Kier molecular flexibility index (Phi) is 4.51. The lowest BCUT2D eigenvalue weighted by molar-refractivity contribution is -0.110. The Balaban J connectivity index is 1.54. The smallest absolute Gasteiger partial charge is 0.256 e. The van der Waals surface area contributed by atoms with Crippen molar-refractivity contribution in [2.75, 3.05) is 30.3 Å². The minimum absolute atomic E-state index is 0.0811. The number of aromatic amines is 1. The average Bonchev–Trinajstić information content (AvgIpc) is 3.19. The molecule has 26 heavy (non-hydrogen) atoms. The minimum Gasteiger partial charge on any atom is -0.382 e. The summed E-state index contributed by atoms with van der Waals surface area (Å²) in [5.74, 6) is 0.619. The summed E-state index contributed by atoms with van der Waals surface area (Å²) in [5, 5.41) is 6.58. The highest BCUT2D eigenvalue weighted by molar-refractivity contribution is 6.34. The van der Waals surface area contributed by atoms with E-state index in [0.29, 0.717) is 17.4 Å². The number of nitrogens with zero attached hydrogens (tertiary/aromatic N) is 2. The second-order valence-electron chi connectivity index (χ2n) is 7.05. The van der Waals surface area contributed by atoms with Crippen molar-refractivity contribution in [1.82, 2.24) is 14.9 Å². The lowest BCUT2D eigenvalue weighted by Crippen LogP contribution is -2.38. The first-order valence-corrected chi connectivity index (χ1v) is 9.31. The largest absolute Gasteiger partial charge is 0.382 e. The molecule has 0 atom stereocenters. The number of piperidine rings is 1. The van der Waals surface area contributed by atoms with Gasteiger partial charge in [-0.2, -0.15) is 0 Å². The summed E-state index contributed by atoms with van der Waals surface area (Å²) in [6.45, 7) is 7.55. The number of amides is 1. The normalized spacial score (nSPS) is 19.6. The first kappa shape index (κ1) is 16.8. The van der Waals surface area contributed by atoms with Crippen LogP contribution in [0.5, 0.6) is 0 Å². The molecule has 1 fully saturated rings. The molecule has 1 saturated heterocycles. The zero-order valence-corrected chi connectivity index (χ0v) is 15.3. The van der Waals surface area contributed by atoms with Gasteiger partial charge in [0, 0.05) is 42.3 Å². The molecule has 0 spiro atoms. The summed E-state index contributed by atoms with van der Waals surface area (Å²) in [6, 6.07) is 6.58. The number of rotatable bonds is 4. The van der Waals surface area contributed by atoms with E-state index in [9.17, 15) is 4.79 Å². The van der Waals surface area contributed by atoms with E-state index in [-0.39, 0.29) is 5.91 Å². The fourth-order valence-electron chi connectivity index (χ4n) is 3.69. The standard InChI is InChI=1S/C20H25N5O/c1-3-25-8-6-14(7-9-25)23-15-4-5-18-16(10-15)17(20(26)24-18)11-19-21-12-13(2)22-19/h4-5,10-12,14,23H,3,6-9H2,1-2H3,(H,21,22)(H,24,26)/b17-11-. The molecule has 4 rings (SSSR count). The van der Waals surface area contributed by atoms with Crippen LogP contribution in [0, 0.1) is 6.92 Å². The summed E-state index contributed by atoms with van der Waals surface area (Å²) < 4.78 is 0. The van der Waals surface area contributed by atoms with Crippen LogP contribution in [0.15, 0.2) is 24.4 Å². The molecule has 136 valence electrons. The molecule has 6 heteroatoms. The van der Waals surface area contributed by atoms with Crippen LogP contribution in [0.2, 0.25) is 0 Å². The van der Waals surface area contributed by atoms with Crippen molar-refractivity contribution >= 4 is 28.9 Å². The van der Waals surface area contributed by atoms with E-state index in [1.54, 1.807) is 0 Å². The number of H-pyrrole nitrogens is 1. The quantitative estimate of drug-likeness (QED) is 0.740. The lowest BCUT2D eigenvalue weighted by Gasteiger charge is -2.32. The van der Waals surface area contributed by atoms with E-state index in [2.05, 4.69) is 38.5 Å². The van der Waals surface area contributed by atoms with Gasteiger partial charge in [-0.05, 0) is 50.6 Å². The minimum atomic E-state index is -0.0811. The predicted octanol–water partition coefficient (Wildman–Crippen LogP) is 3.11. The molecule has 0 radical (unpaired) electrons. The van der Waals surface area contributed by atoms with Gasteiger partial charge < -0.3 is 20.5 Å². The number of benzene rings is 1. The van der Waals surface area contributed by atoms with Gasteiger partial charge in [-0.1, -0.05) is 6.92 Å². The summed E-state index contributed by atoms with van der Waals surface area (Å²) in [6.07, 6.45) is 5.95. The average molecular weight is 351 g/mol. The van der Waals surface area contributed by atoms with Gasteiger partial charge in [0.25, 0.3) is 5.91 Å². The van der Waals surface area contributed by atoms with Crippen LogP contribution in [-0.2, 0) is 4.79 Å². The maximum atomic E-state index is 12.4. The third-order valence-electron chi connectivity index (χ3n) is 5.21. The Labute approximate surface area is 153 Å². The second-order valence-corrected chi connectivity index (χ2v) is 7.05. The van der Waals surface area contributed by atoms with Crippen molar-refractivity contribution in [2.24, 2.45) is 0 Å². The number of carbonyl (C=O) groups is 1. The maximum absolute atomic E-state index is 12.4. The second kappa shape index (κ2) is 6.96. The van der Waals surface area contributed by atoms with Gasteiger partial charge in [-0.25, -0.2) is 4.98 Å². The molecule has 2 aliphatic rings. The third-order valence-corrected chi connectivity index (χ3v) is 5.21. The van der Waals surface area contributed by atoms with Crippen LogP contribution in [0.1, 0.15) is 36.8 Å². The van der Waals surface area contributed by atoms with Gasteiger partial charge in [-0.15, -0.1) is 0 Å². The number of nitrogens with one attached hydrogen (secondary N) is 3. The molecule has 1 aromatic carbocycles. The SMILES string of the molecule is CCN1CCC(Nc2ccc3c(c2)/C(=C/c2nc(C)c[nH]2)C(=O)N3)CC1. The highest BCUT2D eigenvalue weighted by Crippen LogP contribution is 2.35. The Bertz CT molecular complexity index is 846. The van der Waals surface area contributed by atoms with Gasteiger partial charge in [0.15, 0.2) is 0 Å². The topological polar surface area (TPSA) is 73.0 Å². The van der Waals surface area contributed by atoms with Crippen molar-refractivity contribution < 1.29 is 4.79 Å². The Morgan fingerprint density at radius 3 is 2.85 bits per heavy atom.